The van der Waals surface area contributed by atoms with Crippen LogP contribution in [-0.4, -0.2) is 44.5 Å². The van der Waals surface area contributed by atoms with Crippen LogP contribution in [0.4, 0.5) is 5.88 Å². The van der Waals surface area contributed by atoms with Gasteiger partial charge in [-0.05, 0) is 49.2 Å². The number of nitrogens with zero attached hydrogens (tertiary/aromatic N) is 3. The number of piperazine rings is 1. The molecular weight excluding hydrogens is 530 g/mol. The third-order valence-electron chi connectivity index (χ3n) is 7.66. The Morgan fingerprint density at radius 1 is 0.683 bits per heavy atom. The molecule has 6 nitrogen and oxygen atoms in total. The molecule has 1 aliphatic rings. The second-order valence-corrected chi connectivity index (χ2v) is 12.4. The first-order valence-electron chi connectivity index (χ1n) is 13.9. The quantitative estimate of drug-likeness (QED) is 0.219. The van der Waals surface area contributed by atoms with Gasteiger partial charge in [-0.3, -0.25) is 4.90 Å². The molecule has 0 unspecified atom stereocenters. The molecule has 1 saturated heterocycles. The smallest absolute Gasteiger partial charge is 0.236 e. The summed E-state index contributed by atoms with van der Waals surface area (Å²) in [5.41, 5.74) is 5.31. The number of hydrogen-bond acceptors (Lipinski definition) is 6. The fraction of sp³-hybridized carbons (Fsp3) is 0.206. The van der Waals surface area contributed by atoms with Gasteiger partial charge in [-0.15, -0.1) is 0 Å². The SMILES string of the molecule is Cc1ccc(-c2nc(S(=O)(=O)c3ccc(C)cc3)c(N3CCN(C(c4ccccc4)c4ccccc4)CC3)o2)cc1. The Kier molecular flexibility index (Phi) is 7.47. The molecule has 0 aliphatic carbocycles. The van der Waals surface area contributed by atoms with Crippen molar-refractivity contribution in [1.82, 2.24) is 9.88 Å². The number of aryl methyl sites for hydroxylation is 2. The number of anilines is 1. The minimum atomic E-state index is -3.91. The molecule has 2 heterocycles. The molecular formula is C34H33N3O3S. The van der Waals surface area contributed by atoms with Crippen LogP contribution in [0.2, 0.25) is 0 Å². The fourth-order valence-electron chi connectivity index (χ4n) is 5.39. The topological polar surface area (TPSA) is 66.7 Å². The van der Waals surface area contributed by atoms with Gasteiger partial charge in [0.25, 0.3) is 0 Å². The van der Waals surface area contributed by atoms with Gasteiger partial charge >= 0.3 is 0 Å². The van der Waals surface area contributed by atoms with E-state index in [2.05, 4.69) is 58.4 Å². The Balaban J connectivity index is 1.34. The minimum absolute atomic E-state index is 0.0342. The van der Waals surface area contributed by atoms with Crippen molar-refractivity contribution in [2.45, 2.75) is 29.8 Å². The largest absolute Gasteiger partial charge is 0.419 e. The van der Waals surface area contributed by atoms with Crippen LogP contribution in [0.25, 0.3) is 11.5 Å². The van der Waals surface area contributed by atoms with E-state index >= 15 is 0 Å². The highest BCUT2D eigenvalue weighted by molar-refractivity contribution is 7.91. The Morgan fingerprint density at radius 3 is 1.73 bits per heavy atom. The predicted octanol–water partition coefficient (Wildman–Crippen LogP) is 6.70. The number of sulfone groups is 1. The van der Waals surface area contributed by atoms with Crippen molar-refractivity contribution < 1.29 is 12.8 Å². The van der Waals surface area contributed by atoms with E-state index in [4.69, 9.17) is 4.42 Å². The van der Waals surface area contributed by atoms with E-state index in [1.54, 1.807) is 24.3 Å². The van der Waals surface area contributed by atoms with Crippen LogP contribution in [-0.2, 0) is 9.84 Å². The van der Waals surface area contributed by atoms with Crippen molar-refractivity contribution in [2.75, 3.05) is 31.1 Å². The summed E-state index contributed by atoms with van der Waals surface area (Å²) >= 11 is 0. The number of rotatable bonds is 7. The molecule has 0 bridgehead atoms. The van der Waals surface area contributed by atoms with E-state index < -0.39 is 9.84 Å². The zero-order valence-electron chi connectivity index (χ0n) is 23.3. The van der Waals surface area contributed by atoms with Crippen molar-refractivity contribution in [3.63, 3.8) is 0 Å². The highest BCUT2D eigenvalue weighted by atomic mass is 32.2. The summed E-state index contributed by atoms with van der Waals surface area (Å²) in [5.74, 6) is 0.608. The lowest BCUT2D eigenvalue weighted by Gasteiger charge is -2.39. The normalized spacial score (nSPS) is 14.5. The lowest BCUT2D eigenvalue weighted by molar-refractivity contribution is 0.209. The fourth-order valence-corrected chi connectivity index (χ4v) is 6.71. The van der Waals surface area contributed by atoms with Crippen molar-refractivity contribution in [2.24, 2.45) is 0 Å². The van der Waals surface area contributed by atoms with Crippen LogP contribution in [0.15, 0.2) is 124 Å². The number of hydrogen-bond donors (Lipinski definition) is 0. The van der Waals surface area contributed by atoms with Crippen molar-refractivity contribution in [1.29, 1.82) is 0 Å². The van der Waals surface area contributed by atoms with Crippen LogP contribution in [0.1, 0.15) is 28.3 Å². The number of oxazole rings is 1. The third-order valence-corrected chi connectivity index (χ3v) is 9.33. The van der Waals surface area contributed by atoms with E-state index in [1.807, 2.05) is 55.1 Å². The molecule has 7 heteroatoms. The molecule has 0 N–H and O–H groups in total. The first-order chi connectivity index (χ1) is 19.9. The van der Waals surface area contributed by atoms with Gasteiger partial charge in [-0.25, -0.2) is 8.42 Å². The molecule has 4 aromatic carbocycles. The van der Waals surface area contributed by atoms with Gasteiger partial charge in [0.15, 0.2) is 0 Å². The first-order valence-corrected chi connectivity index (χ1v) is 15.4. The van der Waals surface area contributed by atoms with Gasteiger partial charge in [0.1, 0.15) is 0 Å². The molecule has 208 valence electrons. The van der Waals surface area contributed by atoms with Crippen molar-refractivity contribution in [3.8, 4) is 11.5 Å². The summed E-state index contributed by atoms with van der Waals surface area (Å²) in [5, 5.41) is -0.0342. The molecule has 1 aliphatic heterocycles. The molecule has 1 aromatic heterocycles. The molecule has 0 atom stereocenters. The van der Waals surface area contributed by atoms with E-state index in [0.29, 0.717) is 24.9 Å². The lowest BCUT2D eigenvalue weighted by atomic mass is 9.96. The second-order valence-electron chi connectivity index (χ2n) is 10.6. The molecule has 0 radical (unpaired) electrons. The Hall–Kier alpha value is -4.20. The van der Waals surface area contributed by atoms with Crippen molar-refractivity contribution in [3.05, 3.63) is 131 Å². The monoisotopic (exact) mass is 563 g/mol. The summed E-state index contributed by atoms with van der Waals surface area (Å²) in [6, 6.07) is 35.8. The predicted molar refractivity (Wildman–Crippen MR) is 162 cm³/mol. The maximum atomic E-state index is 13.9. The summed E-state index contributed by atoms with van der Waals surface area (Å²) in [6.45, 7) is 6.63. The lowest BCUT2D eigenvalue weighted by Crippen LogP contribution is -2.48. The van der Waals surface area contributed by atoms with Gasteiger partial charge in [0.05, 0.1) is 10.9 Å². The van der Waals surface area contributed by atoms with Gasteiger partial charge < -0.3 is 9.32 Å². The standard InChI is InChI=1S/C34H33N3O3S/c1-25-13-17-29(18-14-25)32-35-33(41(38,39)30-19-15-26(2)16-20-30)34(40-32)37-23-21-36(22-24-37)31(27-9-5-3-6-10-27)28-11-7-4-8-12-28/h3-20,31H,21-24H2,1-2H3. The maximum absolute atomic E-state index is 13.9. The molecule has 0 amide bonds. The number of aromatic nitrogens is 1. The highest BCUT2D eigenvalue weighted by Crippen LogP contribution is 2.37. The average Bonchev–Trinajstić information content (AvgIpc) is 3.46. The van der Waals surface area contributed by atoms with Crippen molar-refractivity contribution >= 4 is 15.7 Å². The molecule has 41 heavy (non-hydrogen) atoms. The Bertz CT molecular complexity index is 1670. The maximum Gasteiger partial charge on any atom is 0.236 e. The minimum Gasteiger partial charge on any atom is -0.419 e. The van der Waals surface area contributed by atoms with Crippen LogP contribution in [0, 0.1) is 13.8 Å². The van der Waals surface area contributed by atoms with Gasteiger partial charge in [0.2, 0.25) is 26.6 Å². The second kappa shape index (κ2) is 11.4. The highest BCUT2D eigenvalue weighted by Gasteiger charge is 2.34. The van der Waals surface area contributed by atoms with E-state index in [1.165, 1.54) is 11.1 Å². The van der Waals surface area contributed by atoms with E-state index in [9.17, 15) is 8.42 Å². The van der Waals surface area contributed by atoms with Crippen LogP contribution >= 0.6 is 0 Å². The summed E-state index contributed by atoms with van der Waals surface area (Å²) in [6.07, 6.45) is 0. The third kappa shape index (κ3) is 5.56. The Morgan fingerprint density at radius 2 is 1.20 bits per heavy atom. The first kappa shape index (κ1) is 27.0. The summed E-state index contributed by atoms with van der Waals surface area (Å²) < 4.78 is 34.1. The molecule has 0 spiro atoms. The Labute approximate surface area is 241 Å². The van der Waals surface area contributed by atoms with Crippen LogP contribution < -0.4 is 4.90 Å². The molecule has 6 rings (SSSR count). The van der Waals surface area contributed by atoms with E-state index in [0.717, 1.165) is 29.8 Å². The van der Waals surface area contributed by atoms with Crippen LogP contribution in [0.3, 0.4) is 0 Å². The van der Waals surface area contributed by atoms with Gasteiger partial charge in [-0.1, -0.05) is 96.1 Å². The molecule has 5 aromatic rings. The summed E-state index contributed by atoms with van der Waals surface area (Å²) in [4.78, 5) is 9.28. The van der Waals surface area contributed by atoms with E-state index in [-0.39, 0.29) is 16.0 Å². The number of benzene rings is 4. The van der Waals surface area contributed by atoms with Crippen LogP contribution in [0.5, 0.6) is 0 Å². The molecule has 0 saturated carbocycles. The van der Waals surface area contributed by atoms with Gasteiger partial charge in [-0.2, -0.15) is 4.98 Å². The van der Waals surface area contributed by atoms with Gasteiger partial charge in [0, 0.05) is 31.7 Å². The average molecular weight is 564 g/mol. The molecule has 1 fully saturated rings. The zero-order chi connectivity index (χ0) is 28.4. The zero-order valence-corrected chi connectivity index (χ0v) is 24.1. The summed E-state index contributed by atoms with van der Waals surface area (Å²) in [7, 11) is -3.91.